The molecule has 1 rings (SSSR count). The van der Waals surface area contributed by atoms with Crippen molar-refractivity contribution in [3.63, 3.8) is 0 Å². The van der Waals surface area contributed by atoms with Crippen molar-refractivity contribution in [2.45, 2.75) is 0 Å². The van der Waals surface area contributed by atoms with Gasteiger partial charge in [0.15, 0.2) is 0 Å². The van der Waals surface area contributed by atoms with E-state index in [1.807, 2.05) is 5.48 Å². The van der Waals surface area contributed by atoms with Crippen LogP contribution in [0.2, 0.25) is 0 Å². The minimum atomic E-state index is -3.83. The molecule has 0 aromatic carbocycles. The largest absolute Gasteiger partial charge is 0.353 e. The minimum Gasteiger partial charge on any atom is -0.323 e. The van der Waals surface area contributed by atoms with Gasteiger partial charge in [-0.05, 0) is 0 Å². The van der Waals surface area contributed by atoms with Crippen molar-refractivity contribution in [1.29, 1.82) is 0 Å². The molecule has 8 heteroatoms. The van der Waals surface area contributed by atoms with E-state index < -0.39 is 13.6 Å². The summed E-state index contributed by atoms with van der Waals surface area (Å²) in [6.07, 6.45) is 4.98. The zero-order valence-electron chi connectivity index (χ0n) is 7.74. The second kappa shape index (κ2) is 4.88. The maximum absolute atomic E-state index is 11.2. The van der Waals surface area contributed by atoms with Gasteiger partial charge >= 0.3 is 13.6 Å². The van der Waals surface area contributed by atoms with Gasteiger partial charge in [-0.15, -0.1) is 6.58 Å². The Labute approximate surface area is 85.9 Å². The van der Waals surface area contributed by atoms with Crippen LogP contribution in [0.4, 0.5) is 4.79 Å². The summed E-state index contributed by atoms with van der Waals surface area (Å²) >= 11 is 0. The average Bonchev–Trinajstić information content (AvgIpc) is 2.67. The van der Waals surface area contributed by atoms with Crippen LogP contribution in [0.1, 0.15) is 0 Å². The van der Waals surface area contributed by atoms with Gasteiger partial charge in [0, 0.05) is 12.4 Å². The van der Waals surface area contributed by atoms with E-state index in [4.69, 9.17) is 4.89 Å². The van der Waals surface area contributed by atoms with E-state index in [2.05, 4.69) is 16.2 Å². The van der Waals surface area contributed by atoms with Crippen LogP contribution in [0.15, 0.2) is 31.4 Å². The van der Waals surface area contributed by atoms with Gasteiger partial charge in [0.25, 0.3) is 0 Å². The minimum absolute atomic E-state index is 0.239. The van der Waals surface area contributed by atoms with Crippen molar-refractivity contribution in [1.82, 2.24) is 15.0 Å². The third-order valence-electron chi connectivity index (χ3n) is 1.37. The summed E-state index contributed by atoms with van der Waals surface area (Å²) in [5.41, 5.74) is 1.83. The maximum Gasteiger partial charge on any atom is 0.353 e. The third kappa shape index (κ3) is 3.67. The summed E-state index contributed by atoms with van der Waals surface area (Å²) in [4.78, 5) is 23.9. The number of carbonyl (C=O) groups excluding carboxylic acids is 1. The summed E-state index contributed by atoms with van der Waals surface area (Å²) in [7, 11) is -3.83. The molecule has 0 fully saturated rings. The van der Waals surface area contributed by atoms with Crippen LogP contribution < -0.4 is 5.48 Å². The van der Waals surface area contributed by atoms with E-state index in [-0.39, 0.29) is 6.16 Å². The number of nitrogens with one attached hydrogen (secondary N) is 1. The Morgan fingerprint density at radius 1 is 1.80 bits per heavy atom. The zero-order chi connectivity index (χ0) is 11.3. The monoisotopic (exact) mass is 231 g/mol. The fourth-order valence-corrected chi connectivity index (χ4v) is 1.36. The molecule has 7 nitrogen and oxygen atoms in total. The van der Waals surface area contributed by atoms with Crippen LogP contribution in [0, 0.1) is 0 Å². The Bertz CT molecular complexity index is 389. The Kier molecular flexibility index (Phi) is 3.79. The van der Waals surface area contributed by atoms with Gasteiger partial charge in [0.05, 0.1) is 6.16 Å². The quantitative estimate of drug-likeness (QED) is 0.453. The third-order valence-corrected chi connectivity index (χ3v) is 2.47. The number of allylic oxidation sites excluding steroid dienone is 1. The normalized spacial score (nSPS) is 14.2. The van der Waals surface area contributed by atoms with Crippen LogP contribution in [0.5, 0.6) is 0 Å². The van der Waals surface area contributed by atoms with E-state index in [1.54, 1.807) is 0 Å². The highest BCUT2D eigenvalue weighted by atomic mass is 31.2. The molecule has 82 valence electrons. The van der Waals surface area contributed by atoms with Gasteiger partial charge in [-0.1, -0.05) is 6.08 Å². The van der Waals surface area contributed by atoms with Gasteiger partial charge in [0.2, 0.25) is 0 Å². The molecule has 1 aromatic heterocycles. The molecule has 0 aliphatic carbocycles. The van der Waals surface area contributed by atoms with Crippen molar-refractivity contribution < 1.29 is 18.9 Å². The number of amides is 1. The topological polar surface area (TPSA) is 93.5 Å². The summed E-state index contributed by atoms with van der Waals surface area (Å²) in [6, 6.07) is -0.703. The predicted octanol–water partition coefficient (Wildman–Crippen LogP) is 0.744. The second-order valence-corrected chi connectivity index (χ2v) is 4.40. The number of hydrogen-bond donors (Lipinski definition) is 2. The first-order chi connectivity index (χ1) is 7.05. The molecule has 0 aliphatic rings. The molecule has 1 heterocycles. The zero-order valence-corrected chi connectivity index (χ0v) is 8.63. The highest BCUT2D eigenvalue weighted by Crippen LogP contribution is 2.40. The molecular formula is C7H10N3O4P. The SMILES string of the molecule is C=CCP(=O)(O)ONC(=O)n1ccnc1. The summed E-state index contributed by atoms with van der Waals surface area (Å²) in [5.74, 6) is 0. The number of aromatic nitrogens is 2. The molecule has 1 unspecified atom stereocenters. The number of imidazole rings is 1. The lowest BCUT2D eigenvalue weighted by molar-refractivity contribution is 0.163. The highest BCUT2D eigenvalue weighted by molar-refractivity contribution is 7.52. The van der Waals surface area contributed by atoms with E-state index in [0.717, 1.165) is 4.57 Å². The van der Waals surface area contributed by atoms with Gasteiger partial charge in [-0.3, -0.25) is 9.13 Å². The lowest BCUT2D eigenvalue weighted by atomic mass is 10.8. The molecule has 15 heavy (non-hydrogen) atoms. The van der Waals surface area contributed by atoms with Crippen LogP contribution in [0.3, 0.4) is 0 Å². The molecule has 1 aromatic rings. The second-order valence-electron chi connectivity index (χ2n) is 2.58. The molecule has 0 radical (unpaired) electrons. The first-order valence-corrected chi connectivity index (χ1v) is 5.71. The van der Waals surface area contributed by atoms with E-state index in [1.165, 1.54) is 24.8 Å². The highest BCUT2D eigenvalue weighted by Gasteiger charge is 2.19. The number of rotatable bonds is 4. The van der Waals surface area contributed by atoms with Crippen molar-refractivity contribution in [2.75, 3.05) is 6.16 Å². The Hall–Kier alpha value is -1.43. The molecule has 0 saturated heterocycles. The summed E-state index contributed by atoms with van der Waals surface area (Å²) < 4.78 is 16.5. The van der Waals surface area contributed by atoms with Gasteiger partial charge < -0.3 is 4.89 Å². The standard InChI is InChI=1S/C7H10N3O4P/c1-2-5-15(12,13)14-9-7(11)10-4-3-8-6-10/h2-4,6H,1,5H2,(H,9,11)(H,12,13). The van der Waals surface area contributed by atoms with E-state index in [0.29, 0.717) is 0 Å². The molecule has 0 spiro atoms. The molecule has 0 saturated carbocycles. The first kappa shape index (κ1) is 11.6. The number of hydrogen-bond acceptors (Lipinski definition) is 4. The molecule has 2 N–H and O–H groups in total. The lowest BCUT2D eigenvalue weighted by Crippen LogP contribution is -2.27. The summed E-state index contributed by atoms with van der Waals surface area (Å²) in [5, 5.41) is 0. The molecule has 0 bridgehead atoms. The lowest BCUT2D eigenvalue weighted by Gasteiger charge is -2.09. The fraction of sp³-hybridized carbons (Fsp3) is 0.143. The van der Waals surface area contributed by atoms with E-state index in [9.17, 15) is 9.36 Å². The Morgan fingerprint density at radius 3 is 3.07 bits per heavy atom. The molecule has 0 aliphatic heterocycles. The van der Waals surface area contributed by atoms with E-state index >= 15 is 0 Å². The number of hydroxylamine groups is 1. The smallest absolute Gasteiger partial charge is 0.323 e. The van der Waals surface area contributed by atoms with Gasteiger partial charge in [-0.25, -0.2) is 15.3 Å². The van der Waals surface area contributed by atoms with Crippen molar-refractivity contribution in [2.24, 2.45) is 0 Å². The van der Waals surface area contributed by atoms with Crippen LogP contribution in [-0.2, 0) is 9.19 Å². The van der Waals surface area contributed by atoms with Crippen LogP contribution >= 0.6 is 7.60 Å². The fourth-order valence-electron chi connectivity index (χ4n) is 0.743. The number of nitrogens with zero attached hydrogens (tertiary/aromatic N) is 2. The Morgan fingerprint density at radius 2 is 2.53 bits per heavy atom. The van der Waals surface area contributed by atoms with Crippen LogP contribution in [0.25, 0.3) is 0 Å². The van der Waals surface area contributed by atoms with Crippen LogP contribution in [-0.4, -0.2) is 26.6 Å². The first-order valence-electron chi connectivity index (χ1n) is 3.95. The Balaban J connectivity index is 2.47. The van der Waals surface area contributed by atoms with Crippen molar-refractivity contribution >= 4 is 13.6 Å². The van der Waals surface area contributed by atoms with Gasteiger partial charge in [-0.2, -0.15) is 4.62 Å². The molecule has 1 atom stereocenters. The molecular weight excluding hydrogens is 221 g/mol. The number of carbonyl (C=O) groups is 1. The molecule has 1 amide bonds. The van der Waals surface area contributed by atoms with Crippen molar-refractivity contribution in [3.8, 4) is 0 Å². The average molecular weight is 231 g/mol. The van der Waals surface area contributed by atoms with Crippen molar-refractivity contribution in [3.05, 3.63) is 31.4 Å². The predicted molar refractivity (Wildman–Crippen MR) is 52.1 cm³/mol. The summed E-state index contributed by atoms with van der Waals surface area (Å²) in [6.45, 7) is 3.28. The maximum atomic E-state index is 11.2. The van der Waals surface area contributed by atoms with Gasteiger partial charge in [0.1, 0.15) is 6.33 Å².